The number of aromatic hydroxyl groups is 1. The molecule has 0 bridgehead atoms. The van der Waals surface area contributed by atoms with Crippen LogP contribution >= 0.6 is 11.3 Å². The normalized spacial score (nSPS) is 14.1. The molecule has 4 heterocycles. The van der Waals surface area contributed by atoms with Gasteiger partial charge in [-0.3, -0.25) is 18.8 Å². The maximum absolute atomic E-state index is 13.9. The van der Waals surface area contributed by atoms with Crippen molar-refractivity contribution in [1.82, 2.24) is 14.3 Å². The fourth-order valence-corrected chi connectivity index (χ4v) is 5.53. The average Bonchev–Trinajstić information content (AvgIpc) is 3.19. The Morgan fingerprint density at radius 2 is 1.94 bits per heavy atom. The minimum Gasteiger partial charge on any atom is -0.507 e. The highest BCUT2D eigenvalue weighted by Crippen LogP contribution is 2.29. The Labute approximate surface area is 203 Å². The van der Waals surface area contributed by atoms with Crippen LogP contribution in [-0.2, 0) is 11.2 Å². The van der Waals surface area contributed by atoms with Gasteiger partial charge >= 0.3 is 0 Å². The lowest BCUT2D eigenvalue weighted by molar-refractivity contribution is 0.0303. The highest BCUT2D eigenvalue weighted by molar-refractivity contribution is 7.18. The number of phenolic OH excluding ortho intramolecular Hbond substituents is 1. The molecule has 1 aromatic carbocycles. The smallest absolute Gasteiger partial charge is 0.266 e. The van der Waals surface area contributed by atoms with E-state index in [9.17, 15) is 23.9 Å². The summed E-state index contributed by atoms with van der Waals surface area (Å²) >= 11 is 1.39. The van der Waals surface area contributed by atoms with Crippen LogP contribution in [0, 0.1) is 12.7 Å². The number of hydrogen-bond donors (Lipinski definition) is 1. The number of rotatable bonds is 4. The van der Waals surface area contributed by atoms with Crippen LogP contribution in [0.15, 0.2) is 35.3 Å². The van der Waals surface area contributed by atoms with E-state index in [1.807, 2.05) is 13.8 Å². The number of ketones is 1. The van der Waals surface area contributed by atoms with Crippen LogP contribution in [0.4, 0.5) is 4.39 Å². The van der Waals surface area contributed by atoms with Crippen LogP contribution in [0.2, 0.25) is 0 Å². The Balaban J connectivity index is 1.80. The lowest BCUT2D eigenvalue weighted by Gasteiger charge is -2.27. The molecule has 3 aromatic heterocycles. The van der Waals surface area contributed by atoms with E-state index in [0.717, 1.165) is 28.6 Å². The summed E-state index contributed by atoms with van der Waals surface area (Å²) in [5.74, 6) is -2.21. The van der Waals surface area contributed by atoms with Gasteiger partial charge in [-0.15, -0.1) is 11.3 Å². The van der Waals surface area contributed by atoms with Gasteiger partial charge in [-0.2, -0.15) is 0 Å². The molecule has 0 spiro atoms. The second-order valence-corrected chi connectivity index (χ2v) is 9.52. The molecule has 0 aliphatic carbocycles. The fourth-order valence-electron chi connectivity index (χ4n) is 4.42. The van der Waals surface area contributed by atoms with E-state index in [-0.39, 0.29) is 33.8 Å². The van der Waals surface area contributed by atoms with Gasteiger partial charge in [0.25, 0.3) is 11.5 Å². The first-order chi connectivity index (χ1) is 16.8. The van der Waals surface area contributed by atoms with E-state index >= 15 is 0 Å². The van der Waals surface area contributed by atoms with Crippen molar-refractivity contribution in [3.8, 4) is 5.75 Å². The molecule has 35 heavy (non-hydrogen) atoms. The number of carbonyl (C=O) groups excluding carboxylic acids is 2. The van der Waals surface area contributed by atoms with Gasteiger partial charge in [-0.1, -0.05) is 6.92 Å². The molecular weight excluding hydrogens is 473 g/mol. The number of morpholine rings is 1. The van der Waals surface area contributed by atoms with Crippen LogP contribution in [0.3, 0.4) is 0 Å². The van der Waals surface area contributed by atoms with E-state index in [1.54, 1.807) is 4.90 Å². The van der Waals surface area contributed by atoms with Gasteiger partial charge in [0.15, 0.2) is 11.4 Å². The summed E-state index contributed by atoms with van der Waals surface area (Å²) in [7, 11) is 0. The summed E-state index contributed by atoms with van der Waals surface area (Å²) in [6.45, 7) is 5.34. The fraction of sp³-hybridized carbons (Fsp3) is 0.280. The van der Waals surface area contributed by atoms with Crippen LogP contribution in [0.5, 0.6) is 5.75 Å². The summed E-state index contributed by atoms with van der Waals surface area (Å²) in [4.78, 5) is 48.2. The largest absolute Gasteiger partial charge is 0.507 e. The summed E-state index contributed by atoms with van der Waals surface area (Å²) in [5, 5.41) is 10.6. The van der Waals surface area contributed by atoms with Crippen molar-refractivity contribution in [3.05, 3.63) is 73.8 Å². The first-order valence-corrected chi connectivity index (χ1v) is 12.0. The molecule has 1 amide bonds. The number of phenols is 1. The number of aryl methyl sites for hydroxylation is 2. The molecule has 8 nitrogen and oxygen atoms in total. The van der Waals surface area contributed by atoms with Gasteiger partial charge in [0.1, 0.15) is 16.4 Å². The summed E-state index contributed by atoms with van der Waals surface area (Å²) in [6.07, 6.45) is 1.93. The topological polar surface area (TPSA) is 101 Å². The van der Waals surface area contributed by atoms with Crippen molar-refractivity contribution >= 4 is 38.9 Å². The van der Waals surface area contributed by atoms with Crippen molar-refractivity contribution in [2.24, 2.45) is 0 Å². The zero-order valence-electron chi connectivity index (χ0n) is 19.1. The zero-order chi connectivity index (χ0) is 24.9. The van der Waals surface area contributed by atoms with Gasteiger partial charge in [0.2, 0.25) is 0 Å². The third-order valence-electron chi connectivity index (χ3n) is 6.22. The number of amides is 1. The molecule has 180 valence electrons. The van der Waals surface area contributed by atoms with Crippen molar-refractivity contribution in [3.63, 3.8) is 0 Å². The second kappa shape index (κ2) is 8.86. The molecule has 1 saturated heterocycles. The monoisotopic (exact) mass is 495 g/mol. The highest BCUT2D eigenvalue weighted by Gasteiger charge is 2.26. The standard InChI is InChI=1S/C25H22FN3O5S/c1-3-16-13(2)35-23-20(16)25(33)29-12-14(21(31)17-11-15(26)4-5-19(17)30)10-18(22(29)27-23)24(32)28-6-8-34-9-7-28/h4-5,10-12,30H,3,6-9H2,1-2H3. The van der Waals surface area contributed by atoms with Gasteiger partial charge in [-0.05, 0) is 43.2 Å². The number of thiophene rings is 1. The van der Waals surface area contributed by atoms with Crippen LogP contribution in [0.1, 0.15) is 43.6 Å². The summed E-state index contributed by atoms with van der Waals surface area (Å²) in [6, 6.07) is 4.41. The maximum atomic E-state index is 13.9. The molecule has 1 aliphatic rings. The first-order valence-electron chi connectivity index (χ1n) is 11.2. The molecule has 5 rings (SSSR count). The number of carbonyl (C=O) groups is 2. The van der Waals surface area contributed by atoms with Crippen molar-refractivity contribution < 1.29 is 23.8 Å². The summed E-state index contributed by atoms with van der Waals surface area (Å²) in [5.41, 5.74) is 0.401. The van der Waals surface area contributed by atoms with Gasteiger partial charge < -0.3 is 14.7 Å². The molecule has 0 atom stereocenters. The van der Waals surface area contributed by atoms with Gasteiger partial charge in [0.05, 0.1) is 29.7 Å². The molecule has 1 fully saturated rings. The SMILES string of the molecule is CCc1c(C)sc2nc3c(C(=O)N4CCOCC4)cc(C(=O)c4cc(F)ccc4O)cn3c(=O)c12. The number of aromatic nitrogens is 2. The van der Waals surface area contributed by atoms with Crippen LogP contribution in [-0.4, -0.2) is 57.4 Å². The molecular formula is C25H22FN3O5S. The van der Waals surface area contributed by atoms with E-state index in [4.69, 9.17) is 4.74 Å². The number of fused-ring (bicyclic) bond motifs is 2. The number of nitrogens with zero attached hydrogens (tertiary/aromatic N) is 3. The van der Waals surface area contributed by atoms with Gasteiger partial charge in [-0.25, -0.2) is 9.37 Å². The predicted octanol–water partition coefficient (Wildman–Crippen LogP) is 3.33. The number of halogens is 1. The molecule has 0 unspecified atom stereocenters. The van der Waals surface area contributed by atoms with Crippen molar-refractivity contribution in [2.75, 3.05) is 26.3 Å². The molecule has 1 N–H and O–H groups in total. The predicted molar refractivity (Wildman–Crippen MR) is 129 cm³/mol. The molecule has 4 aromatic rings. The van der Waals surface area contributed by atoms with E-state index in [1.165, 1.54) is 28.0 Å². The molecule has 1 aliphatic heterocycles. The number of benzene rings is 1. The van der Waals surface area contributed by atoms with Crippen LogP contribution in [0.25, 0.3) is 15.9 Å². The van der Waals surface area contributed by atoms with Crippen molar-refractivity contribution in [1.29, 1.82) is 0 Å². The molecule has 0 saturated carbocycles. The van der Waals surface area contributed by atoms with E-state index in [0.29, 0.717) is 42.9 Å². The number of pyridine rings is 1. The number of hydrogen-bond acceptors (Lipinski definition) is 7. The third-order valence-corrected chi connectivity index (χ3v) is 7.26. The Bertz CT molecular complexity index is 1570. The van der Waals surface area contributed by atoms with Crippen LogP contribution < -0.4 is 5.56 Å². The lowest BCUT2D eigenvalue weighted by Crippen LogP contribution is -2.41. The Morgan fingerprint density at radius 1 is 1.20 bits per heavy atom. The lowest BCUT2D eigenvalue weighted by atomic mass is 10.0. The third kappa shape index (κ3) is 3.88. The summed E-state index contributed by atoms with van der Waals surface area (Å²) < 4.78 is 20.4. The Morgan fingerprint density at radius 3 is 2.66 bits per heavy atom. The maximum Gasteiger partial charge on any atom is 0.266 e. The van der Waals surface area contributed by atoms with Crippen molar-refractivity contribution in [2.45, 2.75) is 20.3 Å². The molecule has 10 heteroatoms. The Hall–Kier alpha value is -3.63. The quantitative estimate of drug-likeness (QED) is 0.436. The minimum atomic E-state index is -0.718. The Kier molecular flexibility index (Phi) is 5.86. The highest BCUT2D eigenvalue weighted by atomic mass is 32.1. The number of ether oxygens (including phenoxy) is 1. The second-order valence-electron chi connectivity index (χ2n) is 8.32. The minimum absolute atomic E-state index is 0.0386. The average molecular weight is 496 g/mol. The first kappa shape index (κ1) is 23.1. The van der Waals surface area contributed by atoms with Gasteiger partial charge in [0, 0.05) is 29.7 Å². The van der Waals surface area contributed by atoms with E-state index < -0.39 is 17.3 Å². The van der Waals surface area contributed by atoms with E-state index in [2.05, 4.69) is 4.98 Å². The molecule has 0 radical (unpaired) electrons. The zero-order valence-corrected chi connectivity index (χ0v) is 19.9.